The molecule has 0 heterocycles. The SMILES string of the molecule is CC(C)C#N.O=C(S)c1ccc(Cl)cc1.O=C(S)c1ccccc1. The molecule has 2 rings (SSSR count). The van der Waals surface area contributed by atoms with Crippen LogP contribution >= 0.6 is 36.9 Å². The maximum atomic E-state index is 10.6. The highest BCUT2D eigenvalue weighted by molar-refractivity contribution is 7.97. The topological polar surface area (TPSA) is 57.9 Å². The molecule has 0 fully saturated rings. The number of halogens is 1. The molecule has 0 aliphatic heterocycles. The third-order valence-corrected chi connectivity index (χ3v) is 3.14. The summed E-state index contributed by atoms with van der Waals surface area (Å²) in [6.45, 7) is 3.72. The highest BCUT2D eigenvalue weighted by atomic mass is 35.5. The average molecular weight is 380 g/mol. The molecule has 3 nitrogen and oxygen atoms in total. The van der Waals surface area contributed by atoms with Crippen molar-refractivity contribution in [1.82, 2.24) is 0 Å². The molecule has 0 amide bonds. The second-order valence-corrected chi connectivity index (χ2v) is 6.02. The summed E-state index contributed by atoms with van der Waals surface area (Å²) in [4.78, 5) is 21.1. The van der Waals surface area contributed by atoms with E-state index in [2.05, 4.69) is 25.3 Å². The van der Waals surface area contributed by atoms with Crippen LogP contribution in [0.25, 0.3) is 0 Å². The first kappa shape index (κ1) is 22.3. The lowest BCUT2D eigenvalue weighted by molar-refractivity contribution is 0.108. The van der Waals surface area contributed by atoms with Crippen molar-refractivity contribution in [3.8, 4) is 6.07 Å². The fourth-order valence-corrected chi connectivity index (χ4v) is 1.60. The van der Waals surface area contributed by atoms with Crippen LogP contribution in [0.4, 0.5) is 0 Å². The number of carbonyl (C=O) groups is 2. The third kappa shape index (κ3) is 10.9. The Morgan fingerprint density at radius 2 is 1.29 bits per heavy atom. The van der Waals surface area contributed by atoms with Crippen molar-refractivity contribution < 1.29 is 9.59 Å². The van der Waals surface area contributed by atoms with Gasteiger partial charge in [0.2, 0.25) is 10.2 Å². The molecule has 0 aromatic heterocycles. The Morgan fingerprint density at radius 1 is 0.917 bits per heavy atom. The summed E-state index contributed by atoms with van der Waals surface area (Å²) in [5.41, 5.74) is 1.20. The number of hydrogen-bond donors (Lipinski definition) is 2. The van der Waals surface area contributed by atoms with Crippen LogP contribution in [-0.2, 0) is 0 Å². The predicted molar refractivity (Wildman–Crippen MR) is 105 cm³/mol. The van der Waals surface area contributed by atoms with Crippen LogP contribution in [0.5, 0.6) is 0 Å². The number of thiol groups is 2. The number of carbonyl (C=O) groups excluding carboxylic acids is 2. The van der Waals surface area contributed by atoms with Crippen molar-refractivity contribution >= 4 is 47.1 Å². The lowest BCUT2D eigenvalue weighted by Gasteiger charge is -1.91. The molecule has 0 saturated heterocycles. The summed E-state index contributed by atoms with van der Waals surface area (Å²) < 4.78 is 0. The highest BCUT2D eigenvalue weighted by Crippen LogP contribution is 2.10. The molecule has 0 N–H and O–H groups in total. The van der Waals surface area contributed by atoms with Gasteiger partial charge < -0.3 is 0 Å². The molecule has 0 aliphatic carbocycles. The van der Waals surface area contributed by atoms with E-state index in [1.54, 1.807) is 36.4 Å². The zero-order valence-corrected chi connectivity index (χ0v) is 15.9. The second kappa shape index (κ2) is 12.7. The molecule has 0 radical (unpaired) electrons. The number of nitrogens with zero attached hydrogens (tertiary/aromatic N) is 1. The summed E-state index contributed by atoms with van der Waals surface area (Å²) >= 11 is 12.9. The Labute approximate surface area is 158 Å². The Bertz CT molecular complexity index is 680. The summed E-state index contributed by atoms with van der Waals surface area (Å²) in [7, 11) is 0. The van der Waals surface area contributed by atoms with Gasteiger partial charge in [-0.25, -0.2) is 0 Å². The highest BCUT2D eigenvalue weighted by Gasteiger charge is 1.97. The molecule has 0 spiro atoms. The minimum atomic E-state index is -0.239. The normalized spacial score (nSPS) is 8.88. The fraction of sp³-hybridized carbons (Fsp3) is 0.167. The summed E-state index contributed by atoms with van der Waals surface area (Å²) in [6.07, 6.45) is 0. The molecule has 126 valence electrons. The standard InChI is InChI=1S/C7H5ClOS.C7H6OS.C4H7N/c8-6-3-1-5(2-4-6)7(9)10;8-7(9)6-4-2-1-3-5-6;1-4(2)3-5/h1-4H,(H,9,10);1-5H,(H,8,9);4H,1-2H3. The molecule has 0 bridgehead atoms. The first-order chi connectivity index (χ1) is 11.3. The van der Waals surface area contributed by atoms with Crippen LogP contribution < -0.4 is 0 Å². The summed E-state index contributed by atoms with van der Waals surface area (Å²) in [5.74, 6) is 0.190. The summed E-state index contributed by atoms with van der Waals surface area (Å²) in [5, 5.41) is 8.09. The van der Waals surface area contributed by atoms with E-state index in [4.69, 9.17) is 16.9 Å². The van der Waals surface area contributed by atoms with Crippen LogP contribution in [0.2, 0.25) is 5.02 Å². The van der Waals surface area contributed by atoms with Gasteiger partial charge in [-0.2, -0.15) is 5.26 Å². The molecule has 0 aliphatic rings. The van der Waals surface area contributed by atoms with E-state index in [1.807, 2.05) is 38.1 Å². The van der Waals surface area contributed by atoms with Crippen molar-refractivity contribution in [3.05, 3.63) is 70.7 Å². The molecule has 0 unspecified atom stereocenters. The molecule has 24 heavy (non-hydrogen) atoms. The van der Waals surface area contributed by atoms with Crippen LogP contribution in [-0.4, -0.2) is 10.2 Å². The second-order valence-electron chi connectivity index (χ2n) is 4.77. The van der Waals surface area contributed by atoms with Gasteiger partial charge in [-0.3, -0.25) is 9.59 Å². The van der Waals surface area contributed by atoms with Gasteiger partial charge in [-0.05, 0) is 38.1 Å². The zero-order valence-electron chi connectivity index (χ0n) is 13.3. The van der Waals surface area contributed by atoms with Gasteiger partial charge >= 0.3 is 0 Å². The van der Waals surface area contributed by atoms with Gasteiger partial charge in [-0.15, -0.1) is 25.3 Å². The smallest absolute Gasteiger partial charge is 0.216 e. The monoisotopic (exact) mass is 379 g/mol. The maximum absolute atomic E-state index is 10.6. The van der Waals surface area contributed by atoms with Gasteiger partial charge in [0.15, 0.2) is 0 Å². The molecule has 2 aromatic carbocycles. The van der Waals surface area contributed by atoms with Gasteiger partial charge in [0.25, 0.3) is 0 Å². The Balaban J connectivity index is 0.000000351. The first-order valence-electron chi connectivity index (χ1n) is 6.94. The summed E-state index contributed by atoms with van der Waals surface area (Å²) in [6, 6.07) is 17.6. The van der Waals surface area contributed by atoms with Gasteiger partial charge in [0, 0.05) is 22.1 Å². The van der Waals surface area contributed by atoms with Gasteiger partial charge in [-0.1, -0.05) is 41.9 Å². The van der Waals surface area contributed by atoms with Crippen molar-refractivity contribution in [3.63, 3.8) is 0 Å². The number of benzene rings is 2. The molecule has 0 saturated carbocycles. The number of hydrogen-bond acceptors (Lipinski definition) is 3. The molecular formula is C18H18ClNO2S2. The van der Waals surface area contributed by atoms with Crippen LogP contribution in [0.1, 0.15) is 34.6 Å². The fourth-order valence-electron chi connectivity index (χ4n) is 1.17. The Morgan fingerprint density at radius 3 is 1.58 bits per heavy atom. The van der Waals surface area contributed by atoms with E-state index in [9.17, 15) is 9.59 Å². The lowest BCUT2D eigenvalue weighted by Crippen LogP contribution is -1.85. The zero-order chi connectivity index (χ0) is 18.5. The van der Waals surface area contributed by atoms with Crippen LogP contribution in [0, 0.1) is 17.2 Å². The number of rotatable bonds is 2. The van der Waals surface area contributed by atoms with E-state index < -0.39 is 0 Å². The van der Waals surface area contributed by atoms with E-state index in [-0.39, 0.29) is 16.1 Å². The van der Waals surface area contributed by atoms with Crippen LogP contribution in [0.15, 0.2) is 54.6 Å². The van der Waals surface area contributed by atoms with Gasteiger partial charge in [0.05, 0.1) is 6.07 Å². The average Bonchev–Trinajstić information content (AvgIpc) is 2.57. The van der Waals surface area contributed by atoms with Crippen molar-refractivity contribution in [1.29, 1.82) is 5.26 Å². The van der Waals surface area contributed by atoms with Crippen molar-refractivity contribution in [2.75, 3.05) is 0 Å². The number of nitriles is 1. The van der Waals surface area contributed by atoms with E-state index in [1.165, 1.54) is 0 Å². The van der Waals surface area contributed by atoms with Crippen molar-refractivity contribution in [2.24, 2.45) is 5.92 Å². The largest absolute Gasteiger partial charge is 0.282 e. The molecule has 6 heteroatoms. The van der Waals surface area contributed by atoms with Gasteiger partial charge in [0.1, 0.15) is 0 Å². The van der Waals surface area contributed by atoms with Crippen LogP contribution in [0.3, 0.4) is 0 Å². The maximum Gasteiger partial charge on any atom is 0.216 e. The minimum absolute atomic E-state index is 0.185. The Hall–Kier alpha value is -1.74. The van der Waals surface area contributed by atoms with E-state index in [0.29, 0.717) is 16.1 Å². The third-order valence-electron chi connectivity index (χ3n) is 2.37. The molecular weight excluding hydrogens is 362 g/mol. The lowest BCUT2D eigenvalue weighted by atomic mass is 10.2. The van der Waals surface area contributed by atoms with E-state index >= 15 is 0 Å². The minimum Gasteiger partial charge on any atom is -0.282 e. The van der Waals surface area contributed by atoms with E-state index in [0.717, 1.165) is 0 Å². The molecule has 2 aromatic rings. The molecule has 0 atom stereocenters. The predicted octanol–water partition coefficient (Wildman–Crippen LogP) is 5.33. The Kier molecular flexibility index (Phi) is 11.7. The first-order valence-corrected chi connectivity index (χ1v) is 8.22. The quantitative estimate of drug-likeness (QED) is 0.693. The van der Waals surface area contributed by atoms with Crippen molar-refractivity contribution in [2.45, 2.75) is 13.8 Å².